The van der Waals surface area contributed by atoms with Gasteiger partial charge in [0.05, 0.1) is 28.4 Å². The smallest absolute Gasteiger partial charge is 0.341 e. The van der Waals surface area contributed by atoms with Crippen molar-refractivity contribution in [3.8, 4) is 0 Å². The minimum absolute atomic E-state index is 0.137. The van der Waals surface area contributed by atoms with Crippen molar-refractivity contribution >= 4 is 34.2 Å². The predicted molar refractivity (Wildman–Crippen MR) is 77.0 cm³/mol. The van der Waals surface area contributed by atoms with E-state index in [0.717, 1.165) is 0 Å². The monoisotopic (exact) mass is 296 g/mol. The third-order valence-corrected chi connectivity index (χ3v) is 3.26. The van der Waals surface area contributed by atoms with Gasteiger partial charge in [0.1, 0.15) is 5.82 Å². The quantitative estimate of drug-likeness (QED) is 0.815. The summed E-state index contributed by atoms with van der Waals surface area (Å²) in [7, 11) is 3.47. The molecule has 4 nitrogen and oxygen atoms in total. The second-order valence-electron chi connectivity index (χ2n) is 4.42. The van der Waals surface area contributed by atoms with E-state index in [2.05, 4.69) is 4.98 Å². The van der Waals surface area contributed by atoms with Crippen LogP contribution in [0, 0.1) is 5.82 Å². The molecule has 6 heteroatoms. The maximum Gasteiger partial charge on any atom is 0.341 e. The van der Waals surface area contributed by atoms with Crippen LogP contribution in [0.2, 0.25) is 5.02 Å². The molecule has 2 aromatic rings. The van der Waals surface area contributed by atoms with Crippen molar-refractivity contribution in [2.75, 3.05) is 25.6 Å². The van der Waals surface area contributed by atoms with Crippen molar-refractivity contribution in [1.29, 1.82) is 0 Å². The number of esters is 1. The Labute approximate surface area is 121 Å². The summed E-state index contributed by atoms with van der Waals surface area (Å²) >= 11 is 6.15. The highest BCUT2D eigenvalue weighted by Crippen LogP contribution is 2.30. The SMILES string of the molecule is CCOC(=O)c1cnc2cc(N(C)C)c(F)cc2c1Cl. The number of fused-ring (bicyclic) bond motifs is 1. The number of carbonyl (C=O) groups excluding carboxylic acids is 1. The maximum atomic E-state index is 14.0. The molecule has 1 aromatic heterocycles. The molecule has 0 amide bonds. The van der Waals surface area contributed by atoms with E-state index >= 15 is 0 Å². The third-order valence-electron chi connectivity index (χ3n) is 2.85. The molecule has 2 rings (SSSR count). The number of pyridine rings is 1. The first kappa shape index (κ1) is 14.5. The number of nitrogens with zero attached hydrogens (tertiary/aromatic N) is 2. The summed E-state index contributed by atoms with van der Waals surface area (Å²) in [5, 5.41) is 0.540. The van der Waals surface area contributed by atoms with Gasteiger partial charge in [0.25, 0.3) is 0 Å². The van der Waals surface area contributed by atoms with Gasteiger partial charge < -0.3 is 9.64 Å². The molecule has 20 heavy (non-hydrogen) atoms. The number of halogens is 2. The zero-order chi connectivity index (χ0) is 14.9. The molecule has 0 aliphatic carbocycles. The molecule has 0 unspecified atom stereocenters. The van der Waals surface area contributed by atoms with E-state index in [1.807, 2.05) is 0 Å². The minimum atomic E-state index is -0.566. The van der Waals surface area contributed by atoms with E-state index in [4.69, 9.17) is 16.3 Å². The molecule has 0 aliphatic rings. The Morgan fingerprint density at radius 1 is 1.45 bits per heavy atom. The Kier molecular flexibility index (Phi) is 4.09. The molecule has 0 atom stereocenters. The Hall–Kier alpha value is -1.88. The molecule has 0 N–H and O–H groups in total. The Morgan fingerprint density at radius 2 is 2.15 bits per heavy atom. The number of anilines is 1. The minimum Gasteiger partial charge on any atom is -0.462 e. The van der Waals surface area contributed by atoms with Crippen LogP contribution in [0.25, 0.3) is 10.9 Å². The van der Waals surface area contributed by atoms with Crippen molar-refractivity contribution in [3.63, 3.8) is 0 Å². The largest absolute Gasteiger partial charge is 0.462 e. The average Bonchev–Trinajstić information content (AvgIpc) is 2.39. The second kappa shape index (κ2) is 5.63. The van der Waals surface area contributed by atoms with E-state index in [1.54, 1.807) is 32.0 Å². The number of ether oxygens (including phenoxy) is 1. The van der Waals surface area contributed by atoms with Gasteiger partial charge >= 0.3 is 5.97 Å². The lowest BCUT2D eigenvalue weighted by molar-refractivity contribution is 0.0526. The van der Waals surface area contributed by atoms with E-state index < -0.39 is 11.8 Å². The standard InChI is InChI=1S/C14H14ClFN2O2/c1-4-20-14(19)9-7-17-11-6-12(18(2)3)10(16)5-8(11)13(9)15/h5-7H,4H2,1-3H3. The lowest BCUT2D eigenvalue weighted by Crippen LogP contribution is -2.11. The van der Waals surface area contributed by atoms with Crippen molar-refractivity contribution in [2.24, 2.45) is 0 Å². The zero-order valence-corrected chi connectivity index (χ0v) is 12.2. The van der Waals surface area contributed by atoms with Gasteiger partial charge in [-0.05, 0) is 19.1 Å². The third kappa shape index (κ3) is 2.54. The molecular formula is C14H14ClFN2O2. The second-order valence-corrected chi connectivity index (χ2v) is 4.80. The van der Waals surface area contributed by atoms with E-state index in [0.29, 0.717) is 16.6 Å². The number of hydrogen-bond donors (Lipinski definition) is 0. The van der Waals surface area contributed by atoms with Crippen molar-refractivity contribution in [2.45, 2.75) is 6.92 Å². The molecule has 0 aliphatic heterocycles. The van der Waals surface area contributed by atoms with Crippen LogP contribution in [0.5, 0.6) is 0 Å². The summed E-state index contributed by atoms with van der Waals surface area (Å²) in [6.45, 7) is 1.93. The van der Waals surface area contributed by atoms with Crippen LogP contribution in [0.4, 0.5) is 10.1 Å². The van der Waals surface area contributed by atoms with Crippen LogP contribution < -0.4 is 4.90 Å². The first-order chi connectivity index (χ1) is 9.45. The summed E-state index contributed by atoms with van der Waals surface area (Å²) in [5.74, 6) is -0.990. The first-order valence-corrected chi connectivity index (χ1v) is 6.45. The Morgan fingerprint density at radius 3 is 2.75 bits per heavy atom. The molecule has 1 heterocycles. The molecule has 106 valence electrons. The van der Waals surface area contributed by atoms with Gasteiger partial charge in [0, 0.05) is 25.7 Å². The van der Waals surface area contributed by atoms with Gasteiger partial charge in [-0.25, -0.2) is 9.18 Å². The number of benzene rings is 1. The van der Waals surface area contributed by atoms with Gasteiger partial charge in [-0.2, -0.15) is 0 Å². The van der Waals surface area contributed by atoms with Crippen molar-refractivity contribution < 1.29 is 13.9 Å². The number of hydrogen-bond acceptors (Lipinski definition) is 4. The molecule has 0 spiro atoms. The van der Waals surface area contributed by atoms with Gasteiger partial charge in [-0.15, -0.1) is 0 Å². The molecule has 0 bridgehead atoms. The Bertz CT molecular complexity index is 674. The van der Waals surface area contributed by atoms with Crippen molar-refractivity contribution in [1.82, 2.24) is 4.98 Å². The van der Waals surface area contributed by atoms with Crippen LogP contribution >= 0.6 is 11.6 Å². The van der Waals surface area contributed by atoms with Gasteiger partial charge in [-0.1, -0.05) is 11.6 Å². The van der Waals surface area contributed by atoms with E-state index in [-0.39, 0.29) is 17.2 Å². The van der Waals surface area contributed by atoms with Gasteiger partial charge in [0.15, 0.2) is 0 Å². The molecule has 0 saturated heterocycles. The number of rotatable bonds is 3. The molecule has 0 saturated carbocycles. The fourth-order valence-corrected chi connectivity index (χ4v) is 2.14. The molecule has 0 fully saturated rings. The highest BCUT2D eigenvalue weighted by molar-refractivity contribution is 6.38. The summed E-state index contributed by atoms with van der Waals surface area (Å²) in [5.41, 5.74) is 1.07. The Balaban J connectivity index is 2.62. The molecule has 1 aromatic carbocycles. The molecule has 0 radical (unpaired) electrons. The maximum absolute atomic E-state index is 14.0. The van der Waals surface area contributed by atoms with Crippen LogP contribution in [-0.2, 0) is 4.74 Å². The summed E-state index contributed by atoms with van der Waals surface area (Å²) in [4.78, 5) is 17.5. The fourth-order valence-electron chi connectivity index (χ4n) is 1.86. The highest BCUT2D eigenvalue weighted by Gasteiger charge is 2.17. The summed E-state index contributed by atoms with van der Waals surface area (Å²) in [6.07, 6.45) is 1.35. The van der Waals surface area contributed by atoms with Crippen LogP contribution in [-0.4, -0.2) is 31.7 Å². The molecular weight excluding hydrogens is 283 g/mol. The fraction of sp³-hybridized carbons (Fsp3) is 0.286. The normalized spacial score (nSPS) is 10.7. The van der Waals surface area contributed by atoms with Crippen LogP contribution in [0.3, 0.4) is 0 Å². The lowest BCUT2D eigenvalue weighted by Gasteiger charge is -2.15. The van der Waals surface area contributed by atoms with Gasteiger partial charge in [-0.3, -0.25) is 4.98 Å². The predicted octanol–water partition coefficient (Wildman–Crippen LogP) is 3.27. The van der Waals surface area contributed by atoms with Crippen LogP contribution in [0.15, 0.2) is 18.3 Å². The summed E-state index contributed by atoms with van der Waals surface area (Å²) < 4.78 is 18.9. The number of carbonyl (C=O) groups is 1. The lowest BCUT2D eigenvalue weighted by atomic mass is 10.1. The topological polar surface area (TPSA) is 42.4 Å². The first-order valence-electron chi connectivity index (χ1n) is 6.08. The van der Waals surface area contributed by atoms with Crippen molar-refractivity contribution in [3.05, 3.63) is 34.7 Å². The zero-order valence-electron chi connectivity index (χ0n) is 11.4. The van der Waals surface area contributed by atoms with Crippen LogP contribution in [0.1, 0.15) is 17.3 Å². The summed E-state index contributed by atoms with van der Waals surface area (Å²) in [6, 6.07) is 2.87. The highest BCUT2D eigenvalue weighted by atomic mass is 35.5. The number of aromatic nitrogens is 1. The van der Waals surface area contributed by atoms with E-state index in [1.165, 1.54) is 12.3 Å². The van der Waals surface area contributed by atoms with Gasteiger partial charge in [0.2, 0.25) is 0 Å². The van der Waals surface area contributed by atoms with E-state index in [9.17, 15) is 9.18 Å². The average molecular weight is 297 g/mol.